The SMILES string of the molecule is CCCN(CCC)c1ccc([C@@H](C)N)c(Br)c1. The first-order chi connectivity index (χ1) is 8.10. The Labute approximate surface area is 113 Å². The Bertz CT molecular complexity index is 344. The summed E-state index contributed by atoms with van der Waals surface area (Å²) in [4.78, 5) is 2.43. The molecule has 96 valence electrons. The molecule has 1 aromatic carbocycles. The molecule has 1 aromatic rings. The predicted molar refractivity (Wildman–Crippen MR) is 79.5 cm³/mol. The largest absolute Gasteiger partial charge is 0.372 e. The van der Waals surface area contributed by atoms with Crippen molar-refractivity contribution < 1.29 is 0 Å². The lowest BCUT2D eigenvalue weighted by molar-refractivity contribution is 0.743. The third-order valence-corrected chi connectivity index (χ3v) is 3.51. The van der Waals surface area contributed by atoms with Gasteiger partial charge in [-0.15, -0.1) is 0 Å². The molecule has 0 spiro atoms. The van der Waals surface area contributed by atoms with Crippen LogP contribution in [0.4, 0.5) is 5.69 Å². The molecule has 0 unspecified atom stereocenters. The molecule has 17 heavy (non-hydrogen) atoms. The second kappa shape index (κ2) is 7.02. The van der Waals surface area contributed by atoms with Crippen LogP contribution >= 0.6 is 15.9 Å². The van der Waals surface area contributed by atoms with Crippen LogP contribution in [-0.2, 0) is 0 Å². The van der Waals surface area contributed by atoms with Gasteiger partial charge in [-0.25, -0.2) is 0 Å². The fraction of sp³-hybridized carbons (Fsp3) is 0.571. The van der Waals surface area contributed by atoms with Crippen LogP contribution in [-0.4, -0.2) is 13.1 Å². The molecule has 1 rings (SSSR count). The summed E-state index contributed by atoms with van der Waals surface area (Å²) in [5.74, 6) is 0. The van der Waals surface area contributed by atoms with Crippen molar-refractivity contribution in [2.24, 2.45) is 5.73 Å². The maximum absolute atomic E-state index is 5.91. The molecule has 0 saturated heterocycles. The molecule has 3 heteroatoms. The standard InChI is InChI=1S/C14H23BrN2/c1-4-8-17(9-5-2)12-6-7-13(11(3)16)14(15)10-12/h6-7,10-11H,4-5,8-9,16H2,1-3H3/t11-/m1/s1. The van der Waals surface area contributed by atoms with Crippen LogP contribution < -0.4 is 10.6 Å². The molecule has 2 nitrogen and oxygen atoms in total. The van der Waals surface area contributed by atoms with Crippen molar-refractivity contribution in [1.29, 1.82) is 0 Å². The lowest BCUT2D eigenvalue weighted by atomic mass is 10.1. The highest BCUT2D eigenvalue weighted by Gasteiger charge is 2.09. The zero-order valence-corrected chi connectivity index (χ0v) is 12.6. The second-order valence-corrected chi connectivity index (χ2v) is 5.34. The molecule has 0 bridgehead atoms. The van der Waals surface area contributed by atoms with Gasteiger partial charge in [-0.1, -0.05) is 35.8 Å². The number of benzene rings is 1. The zero-order valence-electron chi connectivity index (χ0n) is 11.0. The first-order valence-electron chi connectivity index (χ1n) is 6.40. The van der Waals surface area contributed by atoms with E-state index in [9.17, 15) is 0 Å². The molecule has 0 heterocycles. The van der Waals surface area contributed by atoms with Crippen molar-refractivity contribution in [1.82, 2.24) is 0 Å². The van der Waals surface area contributed by atoms with Gasteiger partial charge in [0, 0.05) is 29.3 Å². The number of hydrogen-bond donors (Lipinski definition) is 1. The highest BCUT2D eigenvalue weighted by molar-refractivity contribution is 9.10. The quantitative estimate of drug-likeness (QED) is 0.857. The van der Waals surface area contributed by atoms with E-state index >= 15 is 0 Å². The van der Waals surface area contributed by atoms with Gasteiger partial charge in [0.15, 0.2) is 0 Å². The summed E-state index contributed by atoms with van der Waals surface area (Å²) in [5, 5.41) is 0. The van der Waals surface area contributed by atoms with E-state index in [0.29, 0.717) is 0 Å². The molecule has 0 amide bonds. The molecule has 1 atom stereocenters. The lowest BCUT2D eigenvalue weighted by Gasteiger charge is -2.24. The maximum atomic E-state index is 5.91. The smallest absolute Gasteiger partial charge is 0.0377 e. The van der Waals surface area contributed by atoms with Gasteiger partial charge in [0.05, 0.1) is 0 Å². The van der Waals surface area contributed by atoms with E-state index in [1.54, 1.807) is 0 Å². The van der Waals surface area contributed by atoms with Gasteiger partial charge in [-0.2, -0.15) is 0 Å². The van der Waals surface area contributed by atoms with Crippen molar-refractivity contribution in [2.45, 2.75) is 39.7 Å². The van der Waals surface area contributed by atoms with Gasteiger partial charge < -0.3 is 10.6 Å². The Kier molecular flexibility index (Phi) is 6.00. The summed E-state index contributed by atoms with van der Waals surface area (Å²) in [7, 11) is 0. The Hall–Kier alpha value is -0.540. The summed E-state index contributed by atoms with van der Waals surface area (Å²) in [5.41, 5.74) is 8.37. The van der Waals surface area contributed by atoms with Gasteiger partial charge in [-0.05, 0) is 37.5 Å². The summed E-state index contributed by atoms with van der Waals surface area (Å²) in [6.45, 7) is 8.66. The number of halogens is 1. The minimum atomic E-state index is 0.0734. The third-order valence-electron chi connectivity index (χ3n) is 2.83. The van der Waals surface area contributed by atoms with Gasteiger partial charge in [0.1, 0.15) is 0 Å². The summed E-state index contributed by atoms with van der Waals surface area (Å²) in [6.07, 6.45) is 2.35. The number of nitrogens with zero attached hydrogens (tertiary/aromatic N) is 1. The van der Waals surface area contributed by atoms with Gasteiger partial charge in [0.2, 0.25) is 0 Å². The number of anilines is 1. The molecule has 2 N–H and O–H groups in total. The van der Waals surface area contributed by atoms with Gasteiger partial charge >= 0.3 is 0 Å². The Morgan fingerprint density at radius 3 is 2.24 bits per heavy atom. The molecule has 0 aliphatic heterocycles. The van der Waals surface area contributed by atoms with Crippen LogP contribution in [0.5, 0.6) is 0 Å². The molecular formula is C14H23BrN2. The van der Waals surface area contributed by atoms with E-state index in [-0.39, 0.29) is 6.04 Å². The molecule has 0 fully saturated rings. The molecule has 0 saturated carbocycles. The van der Waals surface area contributed by atoms with Crippen LogP contribution in [0.3, 0.4) is 0 Å². The second-order valence-electron chi connectivity index (χ2n) is 4.48. The van der Waals surface area contributed by atoms with Crippen LogP contribution in [0.25, 0.3) is 0 Å². The first kappa shape index (κ1) is 14.5. The summed E-state index contributed by atoms with van der Waals surface area (Å²) in [6, 6.07) is 6.56. The zero-order chi connectivity index (χ0) is 12.8. The van der Waals surface area contributed by atoms with Crippen LogP contribution in [0.1, 0.15) is 45.2 Å². The number of hydrogen-bond acceptors (Lipinski definition) is 2. The highest BCUT2D eigenvalue weighted by atomic mass is 79.9. The Morgan fingerprint density at radius 2 is 1.82 bits per heavy atom. The highest BCUT2D eigenvalue weighted by Crippen LogP contribution is 2.27. The topological polar surface area (TPSA) is 29.3 Å². The Balaban J connectivity index is 2.93. The predicted octanol–water partition coefficient (Wildman–Crippen LogP) is 4.10. The normalized spacial score (nSPS) is 12.5. The van der Waals surface area contributed by atoms with E-state index in [1.165, 1.54) is 24.1 Å². The van der Waals surface area contributed by atoms with E-state index in [2.05, 4.69) is 52.9 Å². The van der Waals surface area contributed by atoms with Crippen molar-refractivity contribution in [2.75, 3.05) is 18.0 Å². The van der Waals surface area contributed by atoms with Crippen molar-refractivity contribution in [3.63, 3.8) is 0 Å². The number of rotatable bonds is 6. The van der Waals surface area contributed by atoms with E-state index < -0.39 is 0 Å². The molecule has 0 aromatic heterocycles. The average molecular weight is 299 g/mol. The van der Waals surface area contributed by atoms with Crippen LogP contribution in [0, 0.1) is 0 Å². The summed E-state index contributed by atoms with van der Waals surface area (Å²) < 4.78 is 1.11. The van der Waals surface area contributed by atoms with Gasteiger partial charge in [0.25, 0.3) is 0 Å². The van der Waals surface area contributed by atoms with Crippen molar-refractivity contribution >= 4 is 21.6 Å². The molecule has 0 radical (unpaired) electrons. The maximum Gasteiger partial charge on any atom is 0.0377 e. The molecule has 0 aliphatic rings. The minimum absolute atomic E-state index is 0.0734. The van der Waals surface area contributed by atoms with Crippen molar-refractivity contribution in [3.8, 4) is 0 Å². The lowest BCUT2D eigenvalue weighted by Crippen LogP contribution is -2.24. The first-order valence-corrected chi connectivity index (χ1v) is 7.19. The van der Waals surface area contributed by atoms with Gasteiger partial charge in [-0.3, -0.25) is 0 Å². The summed E-state index contributed by atoms with van der Waals surface area (Å²) >= 11 is 3.61. The van der Waals surface area contributed by atoms with Crippen LogP contribution in [0.15, 0.2) is 22.7 Å². The Morgan fingerprint density at radius 1 is 1.24 bits per heavy atom. The minimum Gasteiger partial charge on any atom is -0.372 e. The fourth-order valence-corrected chi connectivity index (χ4v) is 2.72. The van der Waals surface area contributed by atoms with Crippen molar-refractivity contribution in [3.05, 3.63) is 28.2 Å². The number of nitrogens with two attached hydrogens (primary N) is 1. The van der Waals surface area contributed by atoms with Crippen LogP contribution in [0.2, 0.25) is 0 Å². The fourth-order valence-electron chi connectivity index (χ4n) is 1.99. The monoisotopic (exact) mass is 298 g/mol. The molecule has 0 aliphatic carbocycles. The van der Waals surface area contributed by atoms with E-state index in [0.717, 1.165) is 17.6 Å². The molecular weight excluding hydrogens is 276 g/mol. The van der Waals surface area contributed by atoms with E-state index in [4.69, 9.17) is 5.73 Å². The average Bonchev–Trinajstić information content (AvgIpc) is 2.28. The van der Waals surface area contributed by atoms with E-state index in [1.807, 2.05) is 6.92 Å². The third kappa shape index (κ3) is 4.00.